The van der Waals surface area contributed by atoms with E-state index in [4.69, 9.17) is 9.72 Å². The zero-order valence-electron chi connectivity index (χ0n) is 31.2. The number of rotatable bonds is 14. The van der Waals surface area contributed by atoms with Gasteiger partial charge in [0, 0.05) is 67.5 Å². The zero-order valence-corrected chi connectivity index (χ0v) is 32.8. The molecule has 0 bridgehead atoms. The summed E-state index contributed by atoms with van der Waals surface area (Å²) in [5, 5.41) is 21.3. The zero-order chi connectivity index (χ0) is 38.7. The maximum absolute atomic E-state index is 13.5. The Morgan fingerprint density at radius 2 is 1.53 bits per heavy atom. The molecule has 0 aliphatic heterocycles. The van der Waals surface area contributed by atoms with Gasteiger partial charge in [0.2, 0.25) is 0 Å². The van der Waals surface area contributed by atoms with Crippen molar-refractivity contribution in [2.24, 2.45) is 0 Å². The molecule has 7 rings (SSSR count). The van der Waals surface area contributed by atoms with E-state index in [2.05, 4.69) is 25.6 Å². The Balaban J connectivity index is 1.04. The Bertz CT molecular complexity index is 2440. The van der Waals surface area contributed by atoms with Crippen LogP contribution in [0.25, 0.3) is 10.9 Å². The van der Waals surface area contributed by atoms with Crippen LogP contribution in [0.3, 0.4) is 0 Å². The van der Waals surface area contributed by atoms with Gasteiger partial charge in [0.25, 0.3) is 11.8 Å². The Kier molecular flexibility index (Phi) is 10.8. The number of para-hydroxylation sites is 1. The standard InChI is InChI=1S/C41H42N8O4S2/c1-26(2)53-40(3,4)33-25-54-39(45-33)47-37(51)32-12-8-20-49(32)24-29-15-18-43-35-28(9-6-10-30(29)35)21-41(5,52)34-22-44-38(55-34)46-36(50)31-11-7-19-48(31)23-27-13-16-42-17-14-27/h6-20,22,25-26,52H,21,23-24H2,1-5H3,(H,44,46,50)(H,45,47,51). The number of carbonyl (C=O) groups excluding carboxylic acids is 2. The molecular formula is C41H42N8O4S2. The van der Waals surface area contributed by atoms with E-state index in [1.165, 1.54) is 22.7 Å². The van der Waals surface area contributed by atoms with E-state index < -0.39 is 11.2 Å². The van der Waals surface area contributed by atoms with Crippen molar-refractivity contribution >= 4 is 55.7 Å². The first-order valence-electron chi connectivity index (χ1n) is 17.9. The number of thiazole rings is 2. The van der Waals surface area contributed by atoms with Crippen molar-refractivity contribution in [3.8, 4) is 0 Å². The topological polar surface area (TPSA) is 149 Å². The van der Waals surface area contributed by atoms with Crippen molar-refractivity contribution in [2.45, 2.75) is 71.4 Å². The third kappa shape index (κ3) is 8.57. The second kappa shape index (κ2) is 15.7. The number of pyridine rings is 2. The maximum Gasteiger partial charge on any atom is 0.274 e. The van der Waals surface area contributed by atoms with Crippen molar-refractivity contribution in [3.05, 3.63) is 142 Å². The number of hydrogen-bond acceptors (Lipinski definition) is 10. The van der Waals surface area contributed by atoms with Gasteiger partial charge in [-0.05, 0) is 93.8 Å². The van der Waals surface area contributed by atoms with Gasteiger partial charge in [-0.15, -0.1) is 11.3 Å². The largest absolute Gasteiger partial charge is 0.384 e. The van der Waals surface area contributed by atoms with Gasteiger partial charge < -0.3 is 19.0 Å². The average molecular weight is 775 g/mol. The van der Waals surface area contributed by atoms with Crippen LogP contribution in [0.1, 0.15) is 82.9 Å². The van der Waals surface area contributed by atoms with Gasteiger partial charge >= 0.3 is 0 Å². The van der Waals surface area contributed by atoms with Crippen LogP contribution in [0.4, 0.5) is 10.3 Å². The van der Waals surface area contributed by atoms with Gasteiger partial charge in [0.1, 0.15) is 22.6 Å². The molecule has 6 heterocycles. The SMILES string of the molecule is CC(C)OC(C)(C)c1csc(NC(=O)c2cccn2Cc2ccnc3c(CC(C)(O)c4cnc(NC(=O)c5cccn5Cc5ccncc5)s4)cccc23)n1. The van der Waals surface area contributed by atoms with Gasteiger partial charge in [-0.25, -0.2) is 9.97 Å². The molecule has 6 aromatic heterocycles. The summed E-state index contributed by atoms with van der Waals surface area (Å²) in [5.74, 6) is -0.551. The number of anilines is 2. The molecule has 0 aliphatic rings. The van der Waals surface area contributed by atoms with E-state index in [1.54, 1.807) is 43.8 Å². The van der Waals surface area contributed by atoms with Crippen LogP contribution >= 0.6 is 22.7 Å². The molecule has 282 valence electrons. The molecule has 1 atom stereocenters. The number of hydrogen-bond donors (Lipinski definition) is 3. The Labute approximate surface area is 326 Å². The molecule has 1 aromatic carbocycles. The fourth-order valence-electron chi connectivity index (χ4n) is 6.58. The van der Waals surface area contributed by atoms with Gasteiger partial charge in [0.05, 0.1) is 22.2 Å². The van der Waals surface area contributed by atoms with E-state index >= 15 is 0 Å². The predicted octanol–water partition coefficient (Wildman–Crippen LogP) is 7.86. The van der Waals surface area contributed by atoms with Crippen LogP contribution in [0.5, 0.6) is 0 Å². The summed E-state index contributed by atoms with van der Waals surface area (Å²) in [7, 11) is 0. The van der Waals surface area contributed by atoms with Gasteiger partial charge in [-0.2, -0.15) is 0 Å². The molecule has 0 saturated heterocycles. The fraction of sp³-hybridized carbons (Fsp3) is 0.268. The summed E-state index contributed by atoms with van der Waals surface area (Å²) in [6.45, 7) is 10.6. The normalized spacial score (nSPS) is 12.9. The second-order valence-electron chi connectivity index (χ2n) is 14.3. The maximum atomic E-state index is 13.5. The number of benzene rings is 1. The molecule has 0 saturated carbocycles. The molecule has 1 unspecified atom stereocenters. The second-order valence-corrected chi connectivity index (χ2v) is 16.2. The van der Waals surface area contributed by atoms with Crippen molar-refractivity contribution in [2.75, 3.05) is 10.6 Å². The molecular weight excluding hydrogens is 733 g/mol. The number of ether oxygens (including phenoxy) is 1. The predicted molar refractivity (Wildman–Crippen MR) is 216 cm³/mol. The highest BCUT2D eigenvalue weighted by atomic mass is 32.1. The molecule has 0 aliphatic carbocycles. The highest BCUT2D eigenvalue weighted by Crippen LogP contribution is 2.35. The number of fused-ring (bicyclic) bond motifs is 1. The molecule has 0 spiro atoms. The van der Waals surface area contributed by atoms with Crippen molar-refractivity contribution in [1.82, 2.24) is 29.1 Å². The third-order valence-electron chi connectivity index (χ3n) is 9.18. The van der Waals surface area contributed by atoms with Crippen LogP contribution in [-0.4, -0.2) is 52.1 Å². The molecule has 0 fully saturated rings. The summed E-state index contributed by atoms with van der Waals surface area (Å²) in [5.41, 5.74) is 3.47. The van der Waals surface area contributed by atoms with Crippen molar-refractivity contribution < 1.29 is 19.4 Å². The lowest BCUT2D eigenvalue weighted by molar-refractivity contribution is -0.0623. The molecule has 3 N–H and O–H groups in total. The highest BCUT2D eigenvalue weighted by Gasteiger charge is 2.29. The monoisotopic (exact) mass is 774 g/mol. The Morgan fingerprint density at radius 3 is 2.24 bits per heavy atom. The number of aromatic nitrogens is 6. The Morgan fingerprint density at radius 1 is 0.836 bits per heavy atom. The molecule has 0 radical (unpaired) electrons. The number of aliphatic hydroxyl groups is 1. The summed E-state index contributed by atoms with van der Waals surface area (Å²) in [6, 6.07) is 18.9. The van der Waals surface area contributed by atoms with E-state index in [0.29, 0.717) is 39.6 Å². The number of carbonyl (C=O) groups is 2. The Hall–Kier alpha value is -5.54. The lowest BCUT2D eigenvalue weighted by atomic mass is 9.93. The van der Waals surface area contributed by atoms with Crippen LogP contribution in [-0.2, 0) is 35.4 Å². The highest BCUT2D eigenvalue weighted by molar-refractivity contribution is 7.15. The summed E-state index contributed by atoms with van der Waals surface area (Å²) >= 11 is 2.60. The number of nitrogens with one attached hydrogen (secondary N) is 2. The van der Waals surface area contributed by atoms with Crippen LogP contribution in [0, 0.1) is 0 Å². The van der Waals surface area contributed by atoms with Gasteiger partial charge in [-0.1, -0.05) is 29.5 Å². The van der Waals surface area contributed by atoms with Crippen molar-refractivity contribution in [3.63, 3.8) is 0 Å². The molecule has 7 aromatic rings. The van der Waals surface area contributed by atoms with Crippen molar-refractivity contribution in [1.29, 1.82) is 0 Å². The molecule has 14 heteroatoms. The minimum absolute atomic E-state index is 0.0355. The molecule has 2 amide bonds. The van der Waals surface area contributed by atoms with E-state index in [9.17, 15) is 14.7 Å². The smallest absolute Gasteiger partial charge is 0.274 e. The average Bonchev–Trinajstić information content (AvgIpc) is 3.97. The van der Waals surface area contributed by atoms with Gasteiger partial charge in [0.15, 0.2) is 10.3 Å². The van der Waals surface area contributed by atoms with E-state index in [1.807, 2.05) is 103 Å². The first kappa shape index (κ1) is 37.8. The van der Waals surface area contributed by atoms with Crippen LogP contribution in [0.2, 0.25) is 0 Å². The molecule has 12 nitrogen and oxygen atoms in total. The minimum atomic E-state index is -1.30. The number of nitrogens with zero attached hydrogens (tertiary/aromatic N) is 6. The lowest BCUT2D eigenvalue weighted by Crippen LogP contribution is -2.26. The quantitative estimate of drug-likeness (QED) is 0.101. The minimum Gasteiger partial charge on any atom is -0.384 e. The number of amides is 2. The van der Waals surface area contributed by atoms with E-state index in [-0.39, 0.29) is 24.3 Å². The van der Waals surface area contributed by atoms with Crippen LogP contribution in [0.15, 0.2) is 103 Å². The van der Waals surface area contributed by atoms with Crippen LogP contribution < -0.4 is 10.6 Å². The fourth-order valence-corrected chi connectivity index (χ4v) is 8.30. The first-order chi connectivity index (χ1) is 26.4. The lowest BCUT2D eigenvalue weighted by Gasteiger charge is -2.25. The van der Waals surface area contributed by atoms with Gasteiger partial charge in [-0.3, -0.25) is 30.2 Å². The summed E-state index contributed by atoms with van der Waals surface area (Å²) in [6.07, 6.45) is 10.8. The summed E-state index contributed by atoms with van der Waals surface area (Å²) < 4.78 is 9.79. The summed E-state index contributed by atoms with van der Waals surface area (Å²) in [4.78, 5) is 45.2. The third-order valence-corrected chi connectivity index (χ3v) is 11.1. The molecule has 55 heavy (non-hydrogen) atoms. The van der Waals surface area contributed by atoms with E-state index in [0.717, 1.165) is 33.3 Å². The first-order valence-corrected chi connectivity index (χ1v) is 19.6.